The maximum atomic E-state index is 14.6. The maximum Gasteiger partial charge on any atom is 0.335 e. The van der Waals surface area contributed by atoms with E-state index in [0.717, 1.165) is 12.1 Å². The zero-order chi connectivity index (χ0) is 22.1. The number of hydrogen-bond acceptors (Lipinski definition) is 6. The van der Waals surface area contributed by atoms with Crippen molar-refractivity contribution in [2.75, 3.05) is 23.7 Å². The fourth-order valence-corrected chi connectivity index (χ4v) is 4.00. The molecule has 31 heavy (non-hydrogen) atoms. The molecular weight excluding hydrogens is 406 g/mol. The Hall–Kier alpha value is -3.75. The Morgan fingerprint density at radius 1 is 1.13 bits per heavy atom. The fourth-order valence-electron chi connectivity index (χ4n) is 4.00. The first-order chi connectivity index (χ1) is 14.8. The highest BCUT2D eigenvalue weighted by Crippen LogP contribution is 2.36. The van der Waals surface area contributed by atoms with E-state index < -0.39 is 29.1 Å². The topological polar surface area (TPSA) is 113 Å². The van der Waals surface area contributed by atoms with Gasteiger partial charge in [-0.3, -0.25) is 0 Å². The van der Waals surface area contributed by atoms with E-state index in [0.29, 0.717) is 36.3 Å². The van der Waals surface area contributed by atoms with Crippen LogP contribution in [0.15, 0.2) is 42.5 Å². The number of phenolic OH excluding ortho intramolecular Hbond substituents is 1. The number of benzene rings is 2. The lowest BCUT2D eigenvalue weighted by molar-refractivity contribution is 0.0695. The van der Waals surface area contributed by atoms with E-state index in [2.05, 4.69) is 10.2 Å². The number of rotatable bonds is 4. The van der Waals surface area contributed by atoms with Gasteiger partial charge in [0.05, 0.1) is 16.9 Å². The quantitative estimate of drug-likeness (QED) is 0.582. The number of nitrogens with zero attached hydrogens (tertiary/aromatic N) is 3. The number of anilines is 2. The summed E-state index contributed by atoms with van der Waals surface area (Å²) in [5.41, 5.74) is 6.96. The molecule has 0 aliphatic carbocycles. The van der Waals surface area contributed by atoms with E-state index in [4.69, 9.17) is 10.8 Å². The Kier molecular flexibility index (Phi) is 5.41. The SMILES string of the molecule is Nc1nnc(-c2ccccc2O)cc1N1CCCC(c2c(F)cc(C(=O)O)cc2F)C1. The van der Waals surface area contributed by atoms with Crippen LogP contribution in [0.2, 0.25) is 0 Å². The molecule has 9 heteroatoms. The largest absolute Gasteiger partial charge is 0.507 e. The molecule has 0 amide bonds. The van der Waals surface area contributed by atoms with Crippen molar-refractivity contribution in [3.8, 4) is 17.0 Å². The normalized spacial score (nSPS) is 16.3. The lowest BCUT2D eigenvalue weighted by Crippen LogP contribution is -2.35. The third-order valence-electron chi connectivity index (χ3n) is 5.48. The minimum Gasteiger partial charge on any atom is -0.507 e. The van der Waals surface area contributed by atoms with Crippen molar-refractivity contribution in [3.63, 3.8) is 0 Å². The minimum absolute atomic E-state index is 0.0479. The van der Waals surface area contributed by atoms with Crippen molar-refractivity contribution in [3.05, 3.63) is 65.2 Å². The average molecular weight is 426 g/mol. The molecule has 1 aromatic heterocycles. The van der Waals surface area contributed by atoms with Crippen LogP contribution in [0.3, 0.4) is 0 Å². The van der Waals surface area contributed by atoms with Gasteiger partial charge in [0.1, 0.15) is 17.4 Å². The molecule has 0 saturated carbocycles. The van der Waals surface area contributed by atoms with Gasteiger partial charge < -0.3 is 20.8 Å². The van der Waals surface area contributed by atoms with Gasteiger partial charge in [-0.15, -0.1) is 10.2 Å². The monoisotopic (exact) mass is 426 g/mol. The molecule has 2 heterocycles. The van der Waals surface area contributed by atoms with E-state index in [1.54, 1.807) is 24.3 Å². The Labute approximate surface area is 176 Å². The fraction of sp³-hybridized carbons (Fsp3) is 0.227. The van der Waals surface area contributed by atoms with Gasteiger partial charge in [0, 0.05) is 30.1 Å². The van der Waals surface area contributed by atoms with Gasteiger partial charge in [0.15, 0.2) is 5.82 Å². The Morgan fingerprint density at radius 3 is 2.52 bits per heavy atom. The number of carbonyl (C=O) groups is 1. The molecule has 1 unspecified atom stereocenters. The third kappa shape index (κ3) is 3.98. The van der Waals surface area contributed by atoms with Crippen molar-refractivity contribution < 1.29 is 23.8 Å². The van der Waals surface area contributed by atoms with Crippen LogP contribution in [0.5, 0.6) is 5.75 Å². The minimum atomic E-state index is -1.39. The molecule has 3 aromatic rings. The number of halogens is 2. The van der Waals surface area contributed by atoms with Crippen molar-refractivity contribution in [2.45, 2.75) is 18.8 Å². The molecular formula is C22H20F2N4O3. The first kappa shape index (κ1) is 20.5. The smallest absolute Gasteiger partial charge is 0.335 e. The summed E-state index contributed by atoms with van der Waals surface area (Å²) in [6.45, 7) is 0.874. The highest BCUT2D eigenvalue weighted by molar-refractivity contribution is 5.87. The number of piperidine rings is 1. The highest BCUT2D eigenvalue weighted by atomic mass is 19.1. The van der Waals surface area contributed by atoms with Gasteiger partial charge in [0.2, 0.25) is 0 Å². The van der Waals surface area contributed by atoms with Crippen molar-refractivity contribution in [1.29, 1.82) is 0 Å². The number of carboxylic acids is 1. The molecule has 0 spiro atoms. The summed E-state index contributed by atoms with van der Waals surface area (Å²) in [7, 11) is 0. The van der Waals surface area contributed by atoms with Crippen LogP contribution < -0.4 is 10.6 Å². The van der Waals surface area contributed by atoms with Crippen LogP contribution >= 0.6 is 0 Å². The summed E-state index contributed by atoms with van der Waals surface area (Å²) in [6.07, 6.45) is 1.19. The molecule has 7 nitrogen and oxygen atoms in total. The number of phenols is 1. The summed E-state index contributed by atoms with van der Waals surface area (Å²) in [5, 5.41) is 27.2. The number of aromatic carboxylic acids is 1. The van der Waals surface area contributed by atoms with Crippen LogP contribution in [0, 0.1) is 11.6 Å². The second kappa shape index (κ2) is 8.17. The average Bonchev–Trinajstić information content (AvgIpc) is 2.74. The van der Waals surface area contributed by atoms with Crippen LogP contribution in [-0.4, -0.2) is 39.5 Å². The maximum absolute atomic E-state index is 14.6. The Morgan fingerprint density at radius 2 is 1.84 bits per heavy atom. The second-order valence-corrected chi connectivity index (χ2v) is 7.46. The first-order valence-electron chi connectivity index (χ1n) is 9.74. The van der Waals surface area contributed by atoms with Crippen molar-refractivity contribution >= 4 is 17.5 Å². The summed E-state index contributed by atoms with van der Waals surface area (Å²) >= 11 is 0. The molecule has 1 fully saturated rings. The molecule has 0 radical (unpaired) electrons. The number of nitrogens with two attached hydrogens (primary N) is 1. The second-order valence-electron chi connectivity index (χ2n) is 7.46. The molecule has 2 aromatic carbocycles. The van der Waals surface area contributed by atoms with Crippen LogP contribution in [-0.2, 0) is 0 Å². The molecule has 1 atom stereocenters. The number of para-hydroxylation sites is 1. The van der Waals surface area contributed by atoms with E-state index in [1.807, 2.05) is 4.90 Å². The molecule has 160 valence electrons. The molecule has 4 N–H and O–H groups in total. The number of hydrogen-bond donors (Lipinski definition) is 3. The van der Waals surface area contributed by atoms with E-state index >= 15 is 0 Å². The van der Waals surface area contributed by atoms with Crippen LogP contribution in [0.25, 0.3) is 11.3 Å². The zero-order valence-electron chi connectivity index (χ0n) is 16.4. The number of aromatic hydroxyl groups is 1. The molecule has 1 saturated heterocycles. The summed E-state index contributed by atoms with van der Waals surface area (Å²) < 4.78 is 29.2. The predicted molar refractivity (Wildman–Crippen MR) is 111 cm³/mol. The van der Waals surface area contributed by atoms with E-state index in [-0.39, 0.29) is 23.7 Å². The van der Waals surface area contributed by atoms with Crippen LogP contribution in [0.4, 0.5) is 20.3 Å². The Balaban J connectivity index is 1.66. The lowest BCUT2D eigenvalue weighted by atomic mass is 9.89. The molecule has 1 aliphatic rings. The van der Waals surface area contributed by atoms with Crippen molar-refractivity contribution in [2.24, 2.45) is 0 Å². The number of carboxylic acid groups (broad SMARTS) is 1. The third-order valence-corrected chi connectivity index (χ3v) is 5.48. The van der Waals surface area contributed by atoms with Crippen molar-refractivity contribution in [1.82, 2.24) is 10.2 Å². The van der Waals surface area contributed by atoms with Gasteiger partial charge in [-0.25, -0.2) is 13.6 Å². The zero-order valence-corrected chi connectivity index (χ0v) is 16.4. The van der Waals surface area contributed by atoms with Gasteiger partial charge >= 0.3 is 5.97 Å². The molecule has 4 rings (SSSR count). The lowest BCUT2D eigenvalue weighted by Gasteiger charge is -2.35. The highest BCUT2D eigenvalue weighted by Gasteiger charge is 2.29. The van der Waals surface area contributed by atoms with Gasteiger partial charge in [-0.05, 0) is 43.2 Å². The van der Waals surface area contributed by atoms with E-state index in [1.165, 1.54) is 6.07 Å². The Bertz CT molecular complexity index is 1130. The summed E-state index contributed by atoms with van der Waals surface area (Å²) in [5.74, 6) is -3.41. The van der Waals surface area contributed by atoms with Gasteiger partial charge in [-0.2, -0.15) is 0 Å². The number of nitrogen functional groups attached to an aromatic ring is 1. The van der Waals surface area contributed by atoms with Gasteiger partial charge in [0.25, 0.3) is 0 Å². The van der Waals surface area contributed by atoms with E-state index in [9.17, 15) is 18.7 Å². The summed E-state index contributed by atoms with van der Waals surface area (Å²) in [6, 6.07) is 10.1. The predicted octanol–water partition coefficient (Wildman–Crippen LogP) is 3.79. The van der Waals surface area contributed by atoms with Crippen LogP contribution in [0.1, 0.15) is 34.7 Å². The number of aromatic nitrogens is 2. The van der Waals surface area contributed by atoms with Gasteiger partial charge in [-0.1, -0.05) is 12.1 Å². The molecule has 1 aliphatic heterocycles. The first-order valence-corrected chi connectivity index (χ1v) is 9.74. The molecule has 0 bridgehead atoms. The summed E-state index contributed by atoms with van der Waals surface area (Å²) in [4.78, 5) is 12.9. The standard InChI is InChI=1S/C22H20F2N4O3/c23-15-8-13(22(30)31)9-16(24)20(15)12-4-3-7-28(11-12)18-10-17(26-27-21(18)25)14-5-1-2-6-19(14)29/h1-2,5-6,8-10,12,29H,3-4,7,11H2,(H2,25,27)(H,30,31).